The third-order valence-corrected chi connectivity index (χ3v) is 6.03. The van der Waals surface area contributed by atoms with Gasteiger partial charge in [0.15, 0.2) is 5.03 Å². The number of nitrogens with one attached hydrogen (secondary N) is 2. The Morgan fingerprint density at radius 1 is 1.38 bits per heavy atom. The van der Waals surface area contributed by atoms with Gasteiger partial charge in [0.25, 0.3) is 10.0 Å². The zero-order valence-electron chi connectivity index (χ0n) is 12.9. The molecule has 0 unspecified atom stereocenters. The van der Waals surface area contributed by atoms with Crippen LogP contribution in [0.1, 0.15) is 45.1 Å². The second kappa shape index (κ2) is 7.38. The molecule has 0 aliphatic carbocycles. The molecule has 1 aromatic rings. The van der Waals surface area contributed by atoms with Crippen LogP contribution in [0, 0.1) is 5.92 Å². The summed E-state index contributed by atoms with van der Waals surface area (Å²) in [6.45, 7) is 6.73. The van der Waals surface area contributed by atoms with Gasteiger partial charge in [0.1, 0.15) is 0 Å². The quantitative estimate of drug-likeness (QED) is 0.803. The number of H-pyrrole nitrogens is 1. The van der Waals surface area contributed by atoms with Gasteiger partial charge >= 0.3 is 0 Å². The van der Waals surface area contributed by atoms with Gasteiger partial charge in [-0.3, -0.25) is 5.10 Å². The summed E-state index contributed by atoms with van der Waals surface area (Å²) in [6, 6.07) is 0. The van der Waals surface area contributed by atoms with Crippen molar-refractivity contribution < 1.29 is 8.42 Å². The summed E-state index contributed by atoms with van der Waals surface area (Å²) in [6.07, 6.45) is 5.89. The number of sulfonamides is 1. The van der Waals surface area contributed by atoms with Gasteiger partial charge in [-0.25, -0.2) is 8.42 Å². The van der Waals surface area contributed by atoms with Crippen molar-refractivity contribution in [3.63, 3.8) is 0 Å². The molecule has 0 amide bonds. The van der Waals surface area contributed by atoms with E-state index in [1.807, 2.05) is 6.92 Å². The lowest BCUT2D eigenvalue weighted by atomic mass is 9.94. The molecule has 1 saturated heterocycles. The van der Waals surface area contributed by atoms with Crippen molar-refractivity contribution in [2.45, 2.75) is 51.1 Å². The molecular formula is C14H26N4O2S. The minimum Gasteiger partial charge on any atom is -0.313 e. The van der Waals surface area contributed by atoms with E-state index in [2.05, 4.69) is 22.4 Å². The predicted molar refractivity (Wildman–Crippen MR) is 82.4 cm³/mol. The maximum Gasteiger partial charge on any atom is 0.260 e. The van der Waals surface area contributed by atoms with Gasteiger partial charge in [-0.15, -0.1) is 0 Å². The van der Waals surface area contributed by atoms with Crippen LogP contribution in [0.4, 0.5) is 0 Å². The van der Waals surface area contributed by atoms with Crippen molar-refractivity contribution in [3.05, 3.63) is 11.8 Å². The average Bonchev–Trinajstić information content (AvgIpc) is 2.95. The van der Waals surface area contributed by atoms with Crippen LogP contribution in [-0.4, -0.2) is 42.6 Å². The summed E-state index contributed by atoms with van der Waals surface area (Å²) in [4.78, 5) is 0. The first-order valence-electron chi connectivity index (χ1n) is 7.82. The highest BCUT2D eigenvalue weighted by Gasteiger charge is 2.31. The fourth-order valence-corrected chi connectivity index (χ4v) is 4.46. The van der Waals surface area contributed by atoms with Crippen molar-refractivity contribution in [2.24, 2.45) is 5.92 Å². The van der Waals surface area contributed by atoms with Crippen molar-refractivity contribution >= 4 is 10.0 Å². The first kappa shape index (κ1) is 16.5. The molecule has 7 heteroatoms. The van der Waals surface area contributed by atoms with Crippen molar-refractivity contribution in [1.29, 1.82) is 0 Å². The third-order valence-electron chi connectivity index (χ3n) is 4.11. The van der Waals surface area contributed by atoms with Crippen LogP contribution in [0.5, 0.6) is 0 Å². The summed E-state index contributed by atoms with van der Waals surface area (Å²) in [5, 5.41) is 9.97. The lowest BCUT2D eigenvalue weighted by Crippen LogP contribution is -2.39. The van der Waals surface area contributed by atoms with E-state index in [4.69, 9.17) is 0 Å². The predicted octanol–water partition coefficient (Wildman–Crippen LogP) is 1.72. The molecule has 1 fully saturated rings. The van der Waals surface area contributed by atoms with Crippen molar-refractivity contribution in [1.82, 2.24) is 19.8 Å². The number of hydrogen-bond acceptors (Lipinski definition) is 4. The summed E-state index contributed by atoms with van der Waals surface area (Å²) >= 11 is 0. The van der Waals surface area contributed by atoms with Crippen LogP contribution in [0.2, 0.25) is 0 Å². The highest BCUT2D eigenvalue weighted by atomic mass is 32.2. The lowest BCUT2D eigenvalue weighted by molar-refractivity contribution is 0.261. The van der Waals surface area contributed by atoms with Crippen LogP contribution < -0.4 is 5.32 Å². The molecular weight excluding hydrogens is 288 g/mol. The van der Waals surface area contributed by atoms with Crippen molar-refractivity contribution in [3.8, 4) is 0 Å². The van der Waals surface area contributed by atoms with Gasteiger partial charge in [-0.2, -0.15) is 9.40 Å². The Morgan fingerprint density at radius 2 is 2.10 bits per heavy atom. The Bertz CT molecular complexity index is 533. The Balaban J connectivity index is 2.07. The number of aromatic nitrogens is 2. The summed E-state index contributed by atoms with van der Waals surface area (Å²) in [5.74, 6) is 0.671. The second-order valence-electron chi connectivity index (χ2n) is 5.64. The second-order valence-corrected chi connectivity index (χ2v) is 7.52. The van der Waals surface area contributed by atoms with E-state index in [-0.39, 0.29) is 5.03 Å². The Morgan fingerprint density at radius 3 is 2.71 bits per heavy atom. The van der Waals surface area contributed by atoms with Gasteiger partial charge in [0.05, 0.1) is 6.20 Å². The zero-order chi connectivity index (χ0) is 15.3. The molecule has 6 nitrogen and oxygen atoms in total. The van der Waals surface area contributed by atoms with Gasteiger partial charge in [0, 0.05) is 25.2 Å². The fourth-order valence-electron chi connectivity index (χ4n) is 2.88. The summed E-state index contributed by atoms with van der Waals surface area (Å²) in [5.41, 5.74) is 0.715. The molecule has 2 N–H and O–H groups in total. The van der Waals surface area contributed by atoms with Crippen molar-refractivity contribution in [2.75, 3.05) is 19.6 Å². The largest absolute Gasteiger partial charge is 0.313 e. The van der Waals surface area contributed by atoms with E-state index in [9.17, 15) is 8.42 Å². The molecule has 0 bridgehead atoms. The first-order valence-corrected chi connectivity index (χ1v) is 9.26. The van der Waals surface area contributed by atoms with Gasteiger partial charge in [0.2, 0.25) is 0 Å². The number of hydrogen-bond donors (Lipinski definition) is 2. The monoisotopic (exact) mass is 314 g/mol. The molecule has 0 radical (unpaired) electrons. The Labute approximate surface area is 127 Å². The smallest absolute Gasteiger partial charge is 0.260 e. The number of rotatable bonds is 7. The first-order chi connectivity index (χ1) is 10.1. The number of nitrogens with zero attached hydrogens (tertiary/aromatic N) is 2. The van der Waals surface area contributed by atoms with E-state index in [0.717, 1.165) is 19.4 Å². The molecule has 0 spiro atoms. The normalized spacial score (nSPS) is 18.2. The Kier molecular flexibility index (Phi) is 5.78. The van der Waals surface area contributed by atoms with Crippen LogP contribution in [0.15, 0.2) is 11.2 Å². The van der Waals surface area contributed by atoms with E-state index in [1.165, 1.54) is 12.8 Å². The molecule has 0 aromatic carbocycles. The summed E-state index contributed by atoms with van der Waals surface area (Å²) < 4.78 is 27.0. The van der Waals surface area contributed by atoms with Crippen LogP contribution in [0.25, 0.3) is 0 Å². The lowest BCUT2D eigenvalue weighted by Gasteiger charge is -2.30. The standard InChI is InChI=1S/C14H26N4O2S/c1-3-5-12-6-8-18(9-7-12)21(19,20)14-13(10-15-4-2)11-16-17-14/h11-12,15H,3-10H2,1-2H3,(H,16,17). The van der Waals surface area contributed by atoms with Crippen LogP contribution in [-0.2, 0) is 16.6 Å². The molecule has 2 rings (SSSR count). The third kappa shape index (κ3) is 3.84. The number of aromatic amines is 1. The molecule has 1 aliphatic heterocycles. The molecule has 1 aliphatic rings. The van der Waals surface area contributed by atoms with Gasteiger partial charge in [-0.1, -0.05) is 26.7 Å². The molecule has 120 valence electrons. The highest BCUT2D eigenvalue weighted by molar-refractivity contribution is 7.89. The zero-order valence-corrected chi connectivity index (χ0v) is 13.7. The maximum absolute atomic E-state index is 12.7. The Hall–Kier alpha value is -0.920. The summed E-state index contributed by atoms with van der Waals surface area (Å²) in [7, 11) is -3.44. The average molecular weight is 314 g/mol. The van der Waals surface area contributed by atoms with E-state index < -0.39 is 10.0 Å². The van der Waals surface area contributed by atoms with E-state index in [1.54, 1.807) is 10.5 Å². The molecule has 21 heavy (non-hydrogen) atoms. The van der Waals surface area contributed by atoms with Crippen LogP contribution >= 0.6 is 0 Å². The number of piperidine rings is 1. The van der Waals surface area contributed by atoms with E-state index in [0.29, 0.717) is 31.1 Å². The fraction of sp³-hybridized carbons (Fsp3) is 0.786. The minimum absolute atomic E-state index is 0.248. The maximum atomic E-state index is 12.7. The van der Waals surface area contributed by atoms with E-state index >= 15 is 0 Å². The van der Waals surface area contributed by atoms with Crippen LogP contribution in [0.3, 0.4) is 0 Å². The minimum atomic E-state index is -3.44. The van der Waals surface area contributed by atoms with Gasteiger partial charge in [-0.05, 0) is 25.3 Å². The molecule has 0 atom stereocenters. The SMILES string of the molecule is CCCC1CCN(S(=O)(=O)c2[nH]ncc2CNCC)CC1. The molecule has 2 heterocycles. The van der Waals surface area contributed by atoms with Gasteiger partial charge < -0.3 is 5.32 Å². The molecule has 0 saturated carbocycles. The topological polar surface area (TPSA) is 78.1 Å². The molecule has 1 aromatic heterocycles. The highest BCUT2D eigenvalue weighted by Crippen LogP contribution is 2.26.